The molecule has 5 aromatic rings. The predicted molar refractivity (Wildman–Crippen MR) is 151 cm³/mol. The van der Waals surface area contributed by atoms with Gasteiger partial charge >= 0.3 is 0 Å². The van der Waals surface area contributed by atoms with Gasteiger partial charge in [0.05, 0.1) is 11.0 Å². The van der Waals surface area contributed by atoms with Crippen molar-refractivity contribution in [1.82, 2.24) is 19.9 Å². The lowest BCUT2D eigenvalue weighted by atomic mass is 10.1. The molecule has 3 aromatic carbocycles. The van der Waals surface area contributed by atoms with Crippen molar-refractivity contribution in [3.8, 4) is 5.69 Å². The van der Waals surface area contributed by atoms with Gasteiger partial charge in [-0.15, -0.1) is 0 Å². The molecule has 0 spiro atoms. The van der Waals surface area contributed by atoms with Crippen LogP contribution in [0.3, 0.4) is 0 Å². The Morgan fingerprint density at radius 2 is 1.54 bits per heavy atom. The van der Waals surface area contributed by atoms with Gasteiger partial charge in [-0.1, -0.05) is 67.9 Å². The summed E-state index contributed by atoms with van der Waals surface area (Å²) in [5.41, 5.74) is 13.0. The van der Waals surface area contributed by atoms with E-state index in [4.69, 9.17) is 15.7 Å². The summed E-state index contributed by atoms with van der Waals surface area (Å²) in [5, 5.41) is 3.14. The lowest BCUT2D eigenvalue weighted by molar-refractivity contribution is 0.0941. The normalized spacial score (nSPS) is 12.2. The summed E-state index contributed by atoms with van der Waals surface area (Å²) < 4.78 is 1.85. The monoisotopic (exact) mass is 491 g/mol. The maximum absolute atomic E-state index is 13.6. The average molecular weight is 492 g/mol. The zero-order valence-corrected chi connectivity index (χ0v) is 21.4. The fraction of sp³-hybridized carbons (Fsp3) is 0.258. The Labute approximate surface area is 217 Å². The van der Waals surface area contributed by atoms with Crippen molar-refractivity contribution in [2.24, 2.45) is 0 Å². The number of amides is 1. The van der Waals surface area contributed by atoms with E-state index in [1.165, 1.54) is 11.1 Å². The van der Waals surface area contributed by atoms with Crippen molar-refractivity contribution in [3.05, 3.63) is 95.6 Å². The quantitative estimate of drug-likeness (QED) is 0.255. The number of hydrogen-bond donors (Lipinski definition) is 2. The lowest BCUT2D eigenvalue weighted by Crippen LogP contribution is -2.33. The number of carbonyl (C=O) groups excluding carboxylic acids is 1. The number of nitrogens with two attached hydrogens (primary N) is 1. The van der Waals surface area contributed by atoms with Gasteiger partial charge in [0, 0.05) is 11.7 Å². The van der Waals surface area contributed by atoms with Crippen LogP contribution in [0, 0.1) is 0 Å². The van der Waals surface area contributed by atoms with Crippen LogP contribution in [0.15, 0.2) is 78.9 Å². The molecule has 0 bridgehead atoms. The third-order valence-corrected chi connectivity index (χ3v) is 6.82. The van der Waals surface area contributed by atoms with Gasteiger partial charge in [-0.2, -0.15) is 0 Å². The Hall–Kier alpha value is -4.19. The highest BCUT2D eigenvalue weighted by molar-refractivity contribution is 6.11. The molecule has 0 aliphatic heterocycles. The number of fused-ring (bicyclic) bond motifs is 2. The Bertz CT molecular complexity index is 1520. The molecule has 0 aliphatic carbocycles. The molecule has 6 nitrogen and oxygen atoms in total. The number of unbranched alkanes of at least 4 members (excludes halogenated alkanes) is 1. The van der Waals surface area contributed by atoms with Crippen molar-refractivity contribution in [2.75, 3.05) is 5.73 Å². The molecule has 5 rings (SSSR count). The summed E-state index contributed by atoms with van der Waals surface area (Å²) >= 11 is 0. The van der Waals surface area contributed by atoms with Crippen molar-refractivity contribution in [3.63, 3.8) is 0 Å². The van der Waals surface area contributed by atoms with E-state index in [2.05, 4.69) is 36.5 Å². The van der Waals surface area contributed by atoms with E-state index >= 15 is 0 Å². The number of hydrogen-bond acceptors (Lipinski definition) is 4. The van der Waals surface area contributed by atoms with Crippen LogP contribution in [0.4, 0.5) is 5.82 Å². The van der Waals surface area contributed by atoms with Crippen LogP contribution < -0.4 is 11.1 Å². The topological polar surface area (TPSA) is 85.8 Å². The van der Waals surface area contributed by atoms with Crippen LogP contribution in [0.1, 0.15) is 54.6 Å². The Balaban J connectivity index is 1.51. The minimum absolute atomic E-state index is 0.0308. The summed E-state index contributed by atoms with van der Waals surface area (Å²) in [4.78, 5) is 23.3. The van der Waals surface area contributed by atoms with Crippen LogP contribution >= 0.6 is 0 Å². The predicted octanol–water partition coefficient (Wildman–Crippen LogP) is 6.25. The maximum atomic E-state index is 13.6. The lowest BCUT2D eigenvalue weighted by Gasteiger charge is -2.14. The number of anilines is 1. The van der Waals surface area contributed by atoms with E-state index < -0.39 is 0 Å². The van der Waals surface area contributed by atoms with E-state index in [0.717, 1.165) is 48.8 Å². The first-order valence-electron chi connectivity index (χ1n) is 13.1. The van der Waals surface area contributed by atoms with Crippen LogP contribution in [0.25, 0.3) is 27.9 Å². The Morgan fingerprint density at radius 1 is 0.892 bits per heavy atom. The number of carbonyl (C=O) groups is 1. The van der Waals surface area contributed by atoms with Crippen molar-refractivity contribution >= 4 is 33.9 Å². The van der Waals surface area contributed by atoms with Gasteiger partial charge < -0.3 is 11.1 Å². The van der Waals surface area contributed by atoms with E-state index in [1.807, 2.05) is 66.1 Å². The van der Waals surface area contributed by atoms with Gasteiger partial charge in [0.1, 0.15) is 16.9 Å². The zero-order chi connectivity index (χ0) is 25.8. The second-order valence-electron chi connectivity index (χ2n) is 9.65. The van der Waals surface area contributed by atoms with E-state index in [9.17, 15) is 4.79 Å². The molecule has 0 unspecified atom stereocenters. The van der Waals surface area contributed by atoms with E-state index in [1.54, 1.807) is 0 Å². The first kappa shape index (κ1) is 24.5. The summed E-state index contributed by atoms with van der Waals surface area (Å²) in [6.45, 7) is 4.21. The molecule has 0 aliphatic rings. The number of nitrogens with zero attached hydrogens (tertiary/aromatic N) is 3. The standard InChI is InChI=1S/C31H33N5O/c1-3-4-10-23-17-19-24(20-18-23)36-29(32)27(28-30(36)35-26-14-9-8-13-25(26)34-28)31(37)33-21(2)15-16-22-11-6-5-7-12-22/h5-9,11-14,17-21H,3-4,10,15-16,32H2,1-2H3,(H,33,37)/t21-/m1/s1. The number of para-hydroxylation sites is 2. The van der Waals surface area contributed by atoms with Gasteiger partial charge in [0.15, 0.2) is 5.65 Å². The molecule has 2 aromatic heterocycles. The highest BCUT2D eigenvalue weighted by atomic mass is 16.1. The number of aryl methyl sites for hydroxylation is 2. The molecule has 37 heavy (non-hydrogen) atoms. The van der Waals surface area contributed by atoms with Crippen LogP contribution in [0.5, 0.6) is 0 Å². The van der Waals surface area contributed by atoms with Crippen LogP contribution in [0.2, 0.25) is 0 Å². The molecule has 0 fully saturated rings. The molecular weight excluding hydrogens is 458 g/mol. The number of nitrogens with one attached hydrogen (secondary N) is 1. The molecule has 2 heterocycles. The molecule has 1 amide bonds. The number of benzene rings is 3. The zero-order valence-electron chi connectivity index (χ0n) is 21.4. The largest absolute Gasteiger partial charge is 0.384 e. The third kappa shape index (κ3) is 5.19. The van der Waals surface area contributed by atoms with Gasteiger partial charge in [0.2, 0.25) is 0 Å². The van der Waals surface area contributed by atoms with E-state index in [-0.39, 0.29) is 11.9 Å². The van der Waals surface area contributed by atoms with Crippen molar-refractivity contribution in [2.45, 2.75) is 52.0 Å². The van der Waals surface area contributed by atoms with Gasteiger partial charge in [-0.3, -0.25) is 9.36 Å². The smallest absolute Gasteiger partial charge is 0.257 e. The third-order valence-electron chi connectivity index (χ3n) is 6.82. The van der Waals surface area contributed by atoms with Crippen LogP contribution in [-0.4, -0.2) is 26.5 Å². The fourth-order valence-corrected chi connectivity index (χ4v) is 4.74. The minimum Gasteiger partial charge on any atom is -0.384 e. The van der Waals surface area contributed by atoms with Crippen molar-refractivity contribution < 1.29 is 4.79 Å². The number of rotatable bonds is 9. The molecule has 0 saturated heterocycles. The van der Waals surface area contributed by atoms with E-state index in [0.29, 0.717) is 22.5 Å². The molecule has 6 heteroatoms. The summed E-state index contributed by atoms with van der Waals surface area (Å²) in [6, 6.07) is 26.3. The maximum Gasteiger partial charge on any atom is 0.257 e. The first-order valence-corrected chi connectivity index (χ1v) is 13.1. The molecule has 0 saturated carbocycles. The second-order valence-corrected chi connectivity index (χ2v) is 9.65. The number of nitrogen functional groups attached to an aromatic ring is 1. The van der Waals surface area contributed by atoms with Gasteiger partial charge in [0.25, 0.3) is 5.91 Å². The van der Waals surface area contributed by atoms with Crippen LogP contribution in [-0.2, 0) is 12.8 Å². The summed E-state index contributed by atoms with van der Waals surface area (Å²) in [5.74, 6) is 0.116. The highest BCUT2D eigenvalue weighted by Crippen LogP contribution is 2.31. The minimum atomic E-state index is -0.231. The summed E-state index contributed by atoms with van der Waals surface area (Å²) in [7, 11) is 0. The molecular formula is C31H33N5O. The molecule has 0 radical (unpaired) electrons. The molecule has 1 atom stereocenters. The van der Waals surface area contributed by atoms with Crippen molar-refractivity contribution in [1.29, 1.82) is 0 Å². The molecule has 3 N–H and O–H groups in total. The number of aromatic nitrogens is 3. The average Bonchev–Trinajstić information content (AvgIpc) is 3.20. The van der Waals surface area contributed by atoms with Gasteiger partial charge in [-0.25, -0.2) is 9.97 Å². The highest BCUT2D eigenvalue weighted by Gasteiger charge is 2.25. The van der Waals surface area contributed by atoms with Gasteiger partial charge in [-0.05, 0) is 68.0 Å². The summed E-state index contributed by atoms with van der Waals surface area (Å²) in [6.07, 6.45) is 5.05. The first-order chi connectivity index (χ1) is 18.0. The SMILES string of the molecule is CCCCc1ccc(-n2c(N)c(C(=O)N[C@H](C)CCc3ccccc3)c3nc4ccccc4nc32)cc1. The Morgan fingerprint density at radius 3 is 2.24 bits per heavy atom. The molecule has 188 valence electrons. The fourth-order valence-electron chi connectivity index (χ4n) is 4.74. The Kier molecular flexibility index (Phi) is 7.17. The second kappa shape index (κ2) is 10.8.